The molecular weight excluding hydrogens is 1490 g/mol. The number of hydrogen-bond acceptors (Lipinski definition) is 40. The van der Waals surface area contributed by atoms with Gasteiger partial charge in [0.15, 0.2) is 47.7 Å². The molecule has 8 rings (SSSR count). The van der Waals surface area contributed by atoms with E-state index in [4.69, 9.17) is 52.1 Å². The predicted octanol–water partition coefficient (Wildman–Crippen LogP) is -33.5. The number of rotatable bonds is 20. The van der Waals surface area contributed by atoms with Crippen LogP contribution in [0.4, 0.5) is 0 Å². The maximum Gasteiger partial charge on any atom is 1.00 e. The van der Waals surface area contributed by atoms with Crippen LogP contribution in [0.15, 0.2) is 68.8 Å². The van der Waals surface area contributed by atoms with Gasteiger partial charge in [-0.3, -0.25) is 74.4 Å². The fourth-order valence-electron chi connectivity index (χ4n) is 8.21. The van der Waals surface area contributed by atoms with Gasteiger partial charge in [-0.2, -0.15) is 0 Å². The normalized spacial score (nSPS) is 27.3. The van der Waals surface area contributed by atoms with E-state index in [1.807, 2.05) is 0 Å². The zero-order valence-corrected chi connectivity index (χ0v) is 67.0. The Morgan fingerprint density at radius 1 is 0.398 bits per heavy atom. The first kappa shape index (κ1) is 99.4. The first-order chi connectivity index (χ1) is 42.6. The van der Waals surface area contributed by atoms with Gasteiger partial charge in [0.25, 0.3) is 61.5 Å². The van der Waals surface area contributed by atoms with Gasteiger partial charge in [-0.15, -0.1) is 0 Å². The van der Waals surface area contributed by atoms with Crippen molar-refractivity contribution < 1.29 is 332 Å². The summed E-state index contributed by atoms with van der Waals surface area (Å²) < 4.78 is 81.5. The van der Waals surface area contributed by atoms with E-state index in [1.165, 1.54) is 12.4 Å². The van der Waals surface area contributed by atoms with Crippen molar-refractivity contribution in [1.29, 1.82) is 0 Å². The van der Waals surface area contributed by atoms with Crippen LogP contribution in [0.5, 0.6) is 0 Å². The van der Waals surface area contributed by atoms with E-state index in [2.05, 4.69) is 37.6 Å². The third-order valence-corrected chi connectivity index (χ3v) is 16.5. The Morgan fingerprint density at radius 3 is 0.765 bits per heavy atom. The smallest absolute Gasteiger partial charge is 0.790 e. The Labute approximate surface area is 678 Å². The van der Waals surface area contributed by atoms with Gasteiger partial charge in [-0.25, -0.2) is 19.9 Å². The molecule has 0 radical (unpaired) electrons. The van der Waals surface area contributed by atoms with Crippen molar-refractivity contribution in [3.8, 4) is 0 Å². The molecule has 4 aliphatic heterocycles. The summed E-state index contributed by atoms with van der Waals surface area (Å²) in [6.45, 7) is -3.15. The predicted molar refractivity (Wildman–Crippen MR) is 270 cm³/mol. The second-order valence-electron chi connectivity index (χ2n) is 18.5. The fraction of sp³-hybridized carbons (Fsp3) is 0.500. The quantitative estimate of drug-likeness (QED) is 0.0289. The third kappa shape index (κ3) is 26.4. The largest absolute Gasteiger partial charge is 1.00 e. The van der Waals surface area contributed by atoms with Crippen molar-refractivity contribution in [2.24, 2.45) is 22.9 Å². The molecule has 98 heavy (non-hydrogen) atoms. The average molecular weight is 1540 g/mol. The van der Waals surface area contributed by atoms with Crippen LogP contribution < -0.4 is 252 Å². The van der Waals surface area contributed by atoms with Gasteiger partial charge in [0.1, 0.15) is 73.2 Å². The van der Waals surface area contributed by atoms with Crippen LogP contribution in [0.1, 0.15) is 66.9 Å². The number of aliphatic hydroxyl groups excluding tert-OH is 10. The molecule has 0 aliphatic carbocycles. The Hall–Kier alpha value is -0.640. The minimum atomic E-state index is -5.91. The number of phosphoric ester groups is 2. The topological polar surface area (TPSA) is 795 Å². The number of nitrogens with zero attached hydrogens (tertiary/aromatic N) is 8. The van der Waals surface area contributed by atoms with Crippen molar-refractivity contribution in [3.05, 3.63) is 114 Å². The Kier molecular flexibility index (Phi) is 43.3. The summed E-state index contributed by atoms with van der Waals surface area (Å²) in [5.41, 5.74) is 13.8. The zero-order valence-electron chi connectivity index (χ0n) is 51.4. The first-order valence-corrected chi connectivity index (χ1v) is 30.6. The maximum atomic E-state index is 12.1. The average Bonchev–Trinajstić information content (AvgIpc) is 1.63. The maximum absolute atomic E-state index is 12.1. The van der Waals surface area contributed by atoms with E-state index in [0.29, 0.717) is 9.13 Å². The Balaban J connectivity index is 0. The van der Waals surface area contributed by atoms with Gasteiger partial charge in [0.2, 0.25) is 0 Å². The van der Waals surface area contributed by atoms with Crippen molar-refractivity contribution in [1.82, 2.24) is 38.2 Å². The molecule has 2 unspecified atom stereocenters. The monoisotopic (exact) mass is 1540 g/mol. The number of primary amides is 4. The molecule has 18 N–H and O–H groups in total. The summed E-state index contributed by atoms with van der Waals surface area (Å²) in [7, 11) is -23.0. The molecule has 4 fully saturated rings. The van der Waals surface area contributed by atoms with Gasteiger partial charge in [-0.05, 0) is 0 Å². The van der Waals surface area contributed by atoms with Crippen LogP contribution in [0.25, 0.3) is 0 Å². The number of carbonyl (C=O) groups is 4. The Morgan fingerprint density at radius 2 is 0.592 bits per heavy atom. The first-order valence-electron chi connectivity index (χ1n) is 24.7. The van der Waals surface area contributed by atoms with Crippen molar-refractivity contribution >= 4 is 54.9 Å². The number of amides is 4. The van der Waals surface area contributed by atoms with E-state index in [-0.39, 0.29) is 177 Å². The molecule has 4 amide bonds. The van der Waals surface area contributed by atoms with E-state index >= 15 is 0 Å². The molecule has 18 atom stereocenters. The van der Waals surface area contributed by atoms with Crippen LogP contribution in [0.3, 0.4) is 0 Å². The number of aromatic nitrogens is 8. The minimum Gasteiger partial charge on any atom is -0.790 e. The number of aliphatic hydroxyl groups is 10. The number of phosphoric acid groups is 4. The molecule has 8 heterocycles. The summed E-state index contributed by atoms with van der Waals surface area (Å²) in [4.78, 5) is 170. The number of nitrogens with two attached hydrogens (primary N) is 4. The second-order valence-corrected chi connectivity index (χ2v) is 23.9. The van der Waals surface area contributed by atoms with E-state index in [1.54, 1.807) is 0 Å². The molecule has 4 aromatic rings. The number of ether oxygens (including phenoxy) is 4. The fourth-order valence-corrected chi connectivity index (χ4v) is 11.2. The summed E-state index contributed by atoms with van der Waals surface area (Å²) >= 11 is 0. The van der Waals surface area contributed by atoms with E-state index in [0.717, 1.165) is 46.3 Å². The zero-order chi connectivity index (χ0) is 69.4. The van der Waals surface area contributed by atoms with Crippen molar-refractivity contribution in [3.63, 3.8) is 0 Å². The molecule has 4 saturated heterocycles. The summed E-state index contributed by atoms with van der Waals surface area (Å²) in [6, 6.07) is 0. The van der Waals surface area contributed by atoms with Crippen LogP contribution in [-0.4, -0.2) is 213 Å². The number of hydrogen-bond donors (Lipinski definition) is 14. The summed E-state index contributed by atoms with van der Waals surface area (Å²) in [5, 5.41) is 96.5. The number of carbonyl (C=O) groups excluding carboxylic acids is 4. The standard InChI is InChI=1S/2C10H15N3O12P2.2C10H13N3O6.6Na/c2*11-8(16)5-9(17)13(2-1-12-5)10-7(15)6(14)4(24-10)3-23-27(21,22)25-26(18,19)20;2*11-8(17)5-9(18)13(2-1-12-5)10-7(16)6(15)4(3-14)19-10;;;;;;/h2*1-2,4,6-7,10,14-15H,3H2,(H2,11,16)(H,21,22)(H2,18,19,20);2*1-2,4,6-7,10,14-16H,3H2,(H2,11,17);;;;;;/q;;;;6*+1/p-6/t2*4-,6-,7-,10-;4-,6+,7+,10-;4-,6-,7-,10-;;;;;;/m1111....../s1. The summed E-state index contributed by atoms with van der Waals surface area (Å²) in [5.74, 6) is -4.34. The molecule has 4 aromatic heterocycles. The molecule has 0 aromatic carbocycles. The van der Waals surface area contributed by atoms with Crippen LogP contribution in [-0.2, 0) is 54.9 Å². The SMILES string of the molecule is NC(=O)c1nccn([C@@H]2O[C@H](CO)[C@@H](O)[C@H]2O)c1=O.NC(=O)c1nccn([C@@H]2O[C@H](CO)[C@H](O)[C@@H]2O)c1=O.NC(=O)c1nccn([C@@H]2O[C@H](COP(=O)([O-])OP(=O)([O-])[O-])[C@@H](O)[C@H]2O)c1=O.NC(=O)c1nccn([C@@H]2O[C@H](COP(=O)([O-])OP(=O)([O-])[O-])[C@@H](O)[C@H]2O)c1=O.[Na+].[Na+].[Na+].[Na+].[Na+].[Na+]. The molecule has 58 heteroatoms. The third-order valence-electron chi connectivity index (χ3n) is 12.4. The van der Waals surface area contributed by atoms with Crippen molar-refractivity contribution in [2.75, 3.05) is 26.4 Å². The van der Waals surface area contributed by atoms with Gasteiger partial charge in [-0.1, -0.05) is 0 Å². The summed E-state index contributed by atoms with van der Waals surface area (Å²) in [6.07, 6.45) is -14.8. The molecular formula is C40H50N12Na6O36P4. The van der Waals surface area contributed by atoms with Crippen molar-refractivity contribution in [2.45, 2.75) is 98.2 Å². The molecule has 512 valence electrons. The van der Waals surface area contributed by atoms with Gasteiger partial charge >= 0.3 is 177 Å². The molecule has 0 bridgehead atoms. The Bertz CT molecular complexity index is 3570. The van der Waals surface area contributed by atoms with Gasteiger partial charge < -0.3 is 140 Å². The minimum absolute atomic E-state index is 0. The second kappa shape index (κ2) is 42.6. The molecule has 4 aliphatic rings. The molecule has 48 nitrogen and oxygen atoms in total. The van der Waals surface area contributed by atoms with Crippen LogP contribution in [0.2, 0.25) is 0 Å². The van der Waals surface area contributed by atoms with Gasteiger partial charge in [0.05, 0.1) is 42.1 Å². The molecule has 0 spiro atoms. The van der Waals surface area contributed by atoms with E-state index in [9.17, 15) is 127 Å². The van der Waals surface area contributed by atoms with Crippen LogP contribution in [0, 0.1) is 0 Å². The van der Waals surface area contributed by atoms with Crippen LogP contribution >= 0.6 is 31.3 Å². The molecule has 0 saturated carbocycles. The van der Waals surface area contributed by atoms with E-state index < -0.39 is 225 Å². The van der Waals surface area contributed by atoms with Gasteiger partial charge in [0, 0.05) is 49.6 Å².